The standard InChI is InChI=1S/C16H20F2N4O/c1-12(21-6-2-3-7-21)16(23,9-22-11-19-10-20-22)14-5-4-13(17)8-15(14)18/h4-5,8,10-12,23H,2-3,6-7,9H2,1H3/t12-,16-/m0/s1. The average molecular weight is 322 g/mol. The van der Waals surface area contributed by atoms with Crippen molar-refractivity contribution in [3.63, 3.8) is 0 Å². The van der Waals surface area contributed by atoms with Crippen molar-refractivity contribution in [3.05, 3.63) is 48.1 Å². The van der Waals surface area contributed by atoms with Crippen molar-refractivity contribution in [2.45, 2.75) is 38.0 Å². The summed E-state index contributed by atoms with van der Waals surface area (Å²) in [6.45, 7) is 3.62. The highest BCUT2D eigenvalue weighted by Gasteiger charge is 2.42. The number of nitrogens with zero attached hydrogens (tertiary/aromatic N) is 4. The van der Waals surface area contributed by atoms with Crippen LogP contribution >= 0.6 is 0 Å². The highest BCUT2D eigenvalue weighted by Crippen LogP contribution is 2.33. The number of rotatable bonds is 5. The van der Waals surface area contributed by atoms with Gasteiger partial charge >= 0.3 is 0 Å². The van der Waals surface area contributed by atoms with E-state index in [0.29, 0.717) is 0 Å². The summed E-state index contributed by atoms with van der Waals surface area (Å²) in [6, 6.07) is 2.95. The predicted molar refractivity (Wildman–Crippen MR) is 80.5 cm³/mol. The van der Waals surface area contributed by atoms with Crippen LogP contribution in [0, 0.1) is 11.6 Å². The van der Waals surface area contributed by atoms with Crippen LogP contribution in [-0.2, 0) is 12.1 Å². The number of benzene rings is 1. The van der Waals surface area contributed by atoms with Gasteiger partial charge < -0.3 is 5.11 Å². The van der Waals surface area contributed by atoms with Gasteiger partial charge in [-0.15, -0.1) is 0 Å². The quantitative estimate of drug-likeness (QED) is 0.914. The van der Waals surface area contributed by atoms with Gasteiger partial charge in [0, 0.05) is 17.7 Å². The Hall–Kier alpha value is -1.86. The molecule has 124 valence electrons. The molecule has 1 saturated heterocycles. The summed E-state index contributed by atoms with van der Waals surface area (Å²) in [5, 5.41) is 15.4. The maximum Gasteiger partial charge on any atom is 0.137 e. The molecule has 0 bridgehead atoms. The lowest BCUT2D eigenvalue weighted by molar-refractivity contribution is -0.0578. The maximum atomic E-state index is 14.4. The lowest BCUT2D eigenvalue weighted by Gasteiger charge is -2.39. The van der Waals surface area contributed by atoms with Crippen molar-refractivity contribution in [2.24, 2.45) is 0 Å². The van der Waals surface area contributed by atoms with Gasteiger partial charge in [-0.1, -0.05) is 6.07 Å². The van der Waals surface area contributed by atoms with Crippen LogP contribution in [0.15, 0.2) is 30.9 Å². The molecular formula is C16H20F2N4O. The Balaban J connectivity index is 2.00. The molecule has 5 nitrogen and oxygen atoms in total. The molecule has 1 aliphatic heterocycles. The molecule has 1 N–H and O–H groups in total. The van der Waals surface area contributed by atoms with Crippen LogP contribution in [0.4, 0.5) is 8.78 Å². The van der Waals surface area contributed by atoms with Crippen molar-refractivity contribution in [1.82, 2.24) is 19.7 Å². The molecule has 1 fully saturated rings. The third-order valence-corrected chi connectivity index (χ3v) is 4.65. The number of halogens is 2. The van der Waals surface area contributed by atoms with Crippen LogP contribution in [0.1, 0.15) is 25.3 Å². The van der Waals surface area contributed by atoms with Crippen LogP contribution in [0.2, 0.25) is 0 Å². The third kappa shape index (κ3) is 3.11. The SMILES string of the molecule is C[C@H](N1CCCC1)[C@@](O)(Cn1cncn1)c1ccc(F)cc1F. The van der Waals surface area contributed by atoms with Crippen molar-refractivity contribution < 1.29 is 13.9 Å². The van der Waals surface area contributed by atoms with Crippen molar-refractivity contribution in [3.8, 4) is 0 Å². The van der Waals surface area contributed by atoms with Gasteiger partial charge in [0.05, 0.1) is 6.54 Å². The number of likely N-dealkylation sites (tertiary alicyclic amines) is 1. The van der Waals surface area contributed by atoms with E-state index in [9.17, 15) is 13.9 Å². The normalized spacial score (nSPS) is 19.7. The number of aromatic nitrogens is 3. The van der Waals surface area contributed by atoms with E-state index in [1.54, 1.807) is 0 Å². The fraction of sp³-hybridized carbons (Fsp3) is 0.500. The molecule has 2 aromatic rings. The van der Waals surface area contributed by atoms with E-state index in [4.69, 9.17) is 0 Å². The Morgan fingerprint density at radius 2 is 2.04 bits per heavy atom. The molecule has 0 aliphatic carbocycles. The monoisotopic (exact) mass is 322 g/mol. The van der Waals surface area contributed by atoms with Crippen LogP contribution in [0.3, 0.4) is 0 Å². The number of aliphatic hydroxyl groups is 1. The summed E-state index contributed by atoms with van der Waals surface area (Å²) in [5.74, 6) is -1.41. The second-order valence-corrected chi connectivity index (χ2v) is 6.06. The van der Waals surface area contributed by atoms with E-state index in [0.717, 1.165) is 32.0 Å². The van der Waals surface area contributed by atoms with Gasteiger partial charge in [-0.3, -0.25) is 4.90 Å². The first-order chi connectivity index (χ1) is 11.0. The molecule has 1 aliphatic rings. The Kier molecular flexibility index (Phi) is 4.41. The summed E-state index contributed by atoms with van der Waals surface area (Å²) < 4.78 is 29.1. The van der Waals surface area contributed by atoms with Gasteiger partial charge in [-0.05, 0) is 38.9 Å². The first kappa shape index (κ1) is 16.0. The average Bonchev–Trinajstić information content (AvgIpc) is 3.19. The smallest absolute Gasteiger partial charge is 0.137 e. The Bertz CT molecular complexity index is 658. The maximum absolute atomic E-state index is 14.4. The molecule has 1 aromatic carbocycles. The summed E-state index contributed by atoms with van der Waals surface area (Å²) in [7, 11) is 0. The highest BCUT2D eigenvalue weighted by molar-refractivity contribution is 5.27. The van der Waals surface area contributed by atoms with E-state index < -0.39 is 17.2 Å². The van der Waals surface area contributed by atoms with Crippen LogP contribution in [0.25, 0.3) is 0 Å². The molecule has 3 rings (SSSR count). The molecule has 0 amide bonds. The van der Waals surface area contributed by atoms with E-state index >= 15 is 0 Å². The van der Waals surface area contributed by atoms with Gasteiger partial charge in [-0.2, -0.15) is 5.10 Å². The third-order valence-electron chi connectivity index (χ3n) is 4.65. The van der Waals surface area contributed by atoms with Crippen LogP contribution < -0.4 is 0 Å². The Morgan fingerprint density at radius 3 is 2.65 bits per heavy atom. The number of hydrogen-bond acceptors (Lipinski definition) is 4. The fourth-order valence-electron chi connectivity index (χ4n) is 3.28. The lowest BCUT2D eigenvalue weighted by Crippen LogP contribution is -2.51. The molecule has 0 radical (unpaired) electrons. The van der Waals surface area contributed by atoms with E-state index in [1.807, 2.05) is 6.92 Å². The molecule has 0 saturated carbocycles. The molecule has 0 spiro atoms. The Morgan fingerprint density at radius 1 is 1.30 bits per heavy atom. The van der Waals surface area contributed by atoms with Crippen LogP contribution in [-0.4, -0.2) is 43.9 Å². The molecule has 23 heavy (non-hydrogen) atoms. The zero-order chi connectivity index (χ0) is 16.4. The topological polar surface area (TPSA) is 54.2 Å². The molecule has 1 aromatic heterocycles. The molecule has 2 heterocycles. The first-order valence-corrected chi connectivity index (χ1v) is 7.75. The Labute approximate surface area is 133 Å². The van der Waals surface area contributed by atoms with Gasteiger partial charge in [0.25, 0.3) is 0 Å². The first-order valence-electron chi connectivity index (χ1n) is 7.75. The van der Waals surface area contributed by atoms with Crippen molar-refractivity contribution in [2.75, 3.05) is 13.1 Å². The summed E-state index contributed by atoms with van der Waals surface area (Å²) >= 11 is 0. The van der Waals surface area contributed by atoms with E-state index in [-0.39, 0.29) is 18.2 Å². The second-order valence-electron chi connectivity index (χ2n) is 6.06. The van der Waals surface area contributed by atoms with Crippen LogP contribution in [0.5, 0.6) is 0 Å². The van der Waals surface area contributed by atoms with Gasteiger partial charge in [0.15, 0.2) is 0 Å². The van der Waals surface area contributed by atoms with Crippen molar-refractivity contribution in [1.29, 1.82) is 0 Å². The van der Waals surface area contributed by atoms with E-state index in [2.05, 4.69) is 15.0 Å². The molecular weight excluding hydrogens is 302 g/mol. The molecule has 0 unspecified atom stereocenters. The summed E-state index contributed by atoms with van der Waals surface area (Å²) in [6.07, 6.45) is 4.94. The number of hydrogen-bond donors (Lipinski definition) is 1. The van der Waals surface area contributed by atoms with Crippen molar-refractivity contribution >= 4 is 0 Å². The minimum atomic E-state index is -1.53. The van der Waals surface area contributed by atoms with Gasteiger partial charge in [0.2, 0.25) is 0 Å². The lowest BCUT2D eigenvalue weighted by atomic mass is 9.85. The highest BCUT2D eigenvalue weighted by atomic mass is 19.1. The molecule has 7 heteroatoms. The minimum absolute atomic E-state index is 0.0488. The molecule has 2 atom stereocenters. The largest absolute Gasteiger partial charge is 0.381 e. The fourth-order valence-corrected chi connectivity index (χ4v) is 3.28. The zero-order valence-corrected chi connectivity index (χ0v) is 13.0. The van der Waals surface area contributed by atoms with E-state index in [1.165, 1.54) is 29.5 Å². The summed E-state index contributed by atoms with van der Waals surface area (Å²) in [5.41, 5.74) is -1.45. The minimum Gasteiger partial charge on any atom is -0.381 e. The zero-order valence-electron chi connectivity index (χ0n) is 13.0. The van der Waals surface area contributed by atoms with Gasteiger partial charge in [0.1, 0.15) is 29.9 Å². The summed E-state index contributed by atoms with van der Waals surface area (Å²) in [4.78, 5) is 5.99. The predicted octanol–water partition coefficient (Wildman–Crippen LogP) is 1.93. The second kappa shape index (κ2) is 6.33. The van der Waals surface area contributed by atoms with Gasteiger partial charge in [-0.25, -0.2) is 18.4 Å².